The summed E-state index contributed by atoms with van der Waals surface area (Å²) in [6.45, 7) is 2.48. The van der Waals surface area contributed by atoms with Crippen LogP contribution in [0.2, 0.25) is 0 Å². The fraction of sp³-hybridized carbons (Fsp3) is 0.250. The van der Waals surface area contributed by atoms with Gasteiger partial charge in [-0.05, 0) is 25.1 Å². The number of carbonyl (C=O) groups is 1. The molecule has 1 N–H and O–H groups in total. The van der Waals surface area contributed by atoms with Gasteiger partial charge in [0.05, 0.1) is 6.04 Å². The second kappa shape index (κ2) is 5.77. The van der Waals surface area contributed by atoms with Gasteiger partial charge in [-0.15, -0.1) is 0 Å². The zero-order valence-corrected chi connectivity index (χ0v) is 11.5. The van der Waals surface area contributed by atoms with Crippen molar-refractivity contribution in [3.05, 3.63) is 47.0 Å². The summed E-state index contributed by atoms with van der Waals surface area (Å²) in [5.74, 6) is -0.0942. The van der Waals surface area contributed by atoms with Gasteiger partial charge < -0.3 is 5.32 Å². The molecule has 0 spiro atoms. The fourth-order valence-electron chi connectivity index (χ4n) is 1.51. The molecule has 0 fully saturated rings. The van der Waals surface area contributed by atoms with Gasteiger partial charge in [-0.3, -0.25) is 4.79 Å². The largest absolute Gasteiger partial charge is 0.350 e. The minimum Gasteiger partial charge on any atom is -0.350 e. The topological polar surface area (TPSA) is 59.8 Å². The molecule has 0 saturated heterocycles. The monoisotopic (exact) mass is 308 g/mol. The molecule has 1 aromatic heterocycles. The van der Waals surface area contributed by atoms with Crippen LogP contribution < -0.4 is 5.32 Å². The molecule has 18 heavy (non-hydrogen) atoms. The number of hydrogen-bond acceptors (Lipinski definition) is 3. The van der Waals surface area contributed by atoms with E-state index in [1.165, 1.54) is 6.33 Å². The van der Waals surface area contributed by atoms with Crippen LogP contribution in [0.25, 0.3) is 0 Å². The van der Waals surface area contributed by atoms with Crippen LogP contribution in [0.15, 0.2) is 41.4 Å². The van der Waals surface area contributed by atoms with Crippen LogP contribution in [-0.2, 0) is 0 Å². The number of rotatable bonds is 4. The Morgan fingerprint density at radius 1 is 1.56 bits per heavy atom. The van der Waals surface area contributed by atoms with Gasteiger partial charge in [0.25, 0.3) is 5.91 Å². The summed E-state index contributed by atoms with van der Waals surface area (Å²) in [6, 6.07) is 7.35. The number of carbonyl (C=O) groups excluding carboxylic acids is 1. The van der Waals surface area contributed by atoms with Crippen molar-refractivity contribution in [3.8, 4) is 0 Å². The van der Waals surface area contributed by atoms with Crippen molar-refractivity contribution in [1.82, 2.24) is 20.1 Å². The van der Waals surface area contributed by atoms with Crippen molar-refractivity contribution >= 4 is 21.8 Å². The summed E-state index contributed by atoms with van der Waals surface area (Å²) in [5, 5.41) is 6.89. The molecule has 1 atom stereocenters. The Hall–Kier alpha value is -1.69. The average molecular weight is 309 g/mol. The number of benzene rings is 1. The standard InChI is InChI=1S/C12H13BrN4O/c1-9(17-8-14-7-16-17)6-15-12(18)10-3-2-4-11(13)5-10/h2-5,7-9H,6H2,1H3,(H,15,18)/t9-/m1/s1. The predicted molar refractivity (Wildman–Crippen MR) is 71.2 cm³/mol. The highest BCUT2D eigenvalue weighted by Gasteiger charge is 2.09. The van der Waals surface area contributed by atoms with E-state index in [1.54, 1.807) is 23.1 Å². The summed E-state index contributed by atoms with van der Waals surface area (Å²) >= 11 is 3.34. The van der Waals surface area contributed by atoms with E-state index in [0.717, 1.165) is 4.47 Å². The average Bonchev–Trinajstić information content (AvgIpc) is 2.89. The number of amides is 1. The molecular weight excluding hydrogens is 296 g/mol. The summed E-state index contributed by atoms with van der Waals surface area (Å²) in [5.41, 5.74) is 0.634. The van der Waals surface area contributed by atoms with E-state index in [0.29, 0.717) is 12.1 Å². The van der Waals surface area contributed by atoms with Crippen molar-refractivity contribution in [2.24, 2.45) is 0 Å². The van der Waals surface area contributed by atoms with Crippen molar-refractivity contribution in [1.29, 1.82) is 0 Å². The van der Waals surface area contributed by atoms with Crippen LogP contribution in [0.5, 0.6) is 0 Å². The van der Waals surface area contributed by atoms with Gasteiger partial charge in [0, 0.05) is 16.6 Å². The first-order valence-electron chi connectivity index (χ1n) is 5.54. The van der Waals surface area contributed by atoms with E-state index < -0.39 is 0 Å². The number of aromatic nitrogens is 3. The third-order valence-electron chi connectivity index (χ3n) is 2.53. The Morgan fingerprint density at radius 3 is 3.06 bits per heavy atom. The number of halogens is 1. The maximum atomic E-state index is 11.9. The van der Waals surface area contributed by atoms with Crippen molar-refractivity contribution in [2.75, 3.05) is 6.54 Å². The SMILES string of the molecule is C[C@H](CNC(=O)c1cccc(Br)c1)n1cncn1. The van der Waals surface area contributed by atoms with Gasteiger partial charge in [0.2, 0.25) is 0 Å². The van der Waals surface area contributed by atoms with Gasteiger partial charge in [-0.1, -0.05) is 22.0 Å². The first kappa shape index (κ1) is 12.8. The van der Waals surface area contributed by atoms with Crippen LogP contribution >= 0.6 is 15.9 Å². The Morgan fingerprint density at radius 2 is 2.39 bits per heavy atom. The predicted octanol–water partition coefficient (Wildman–Crippen LogP) is 2.03. The molecule has 2 aromatic rings. The summed E-state index contributed by atoms with van der Waals surface area (Å²) in [7, 11) is 0. The normalized spacial score (nSPS) is 12.1. The van der Waals surface area contributed by atoms with Crippen molar-refractivity contribution in [2.45, 2.75) is 13.0 Å². The smallest absolute Gasteiger partial charge is 0.251 e. The van der Waals surface area contributed by atoms with E-state index in [4.69, 9.17) is 0 Å². The maximum Gasteiger partial charge on any atom is 0.251 e. The lowest BCUT2D eigenvalue weighted by atomic mass is 10.2. The summed E-state index contributed by atoms with van der Waals surface area (Å²) in [6.07, 6.45) is 3.11. The highest BCUT2D eigenvalue weighted by atomic mass is 79.9. The minimum absolute atomic E-state index is 0.0728. The van der Waals surface area contributed by atoms with E-state index >= 15 is 0 Å². The lowest BCUT2D eigenvalue weighted by Gasteiger charge is -2.12. The maximum absolute atomic E-state index is 11.9. The van der Waals surface area contributed by atoms with Crippen molar-refractivity contribution in [3.63, 3.8) is 0 Å². The Kier molecular flexibility index (Phi) is 4.09. The summed E-state index contributed by atoms with van der Waals surface area (Å²) < 4.78 is 2.60. The van der Waals surface area contributed by atoms with Gasteiger partial charge in [-0.25, -0.2) is 9.67 Å². The van der Waals surface area contributed by atoms with Crippen LogP contribution in [-0.4, -0.2) is 27.2 Å². The van der Waals surface area contributed by atoms with Crippen LogP contribution in [0.4, 0.5) is 0 Å². The fourth-order valence-corrected chi connectivity index (χ4v) is 1.91. The molecule has 0 aliphatic rings. The molecule has 0 radical (unpaired) electrons. The summed E-state index contributed by atoms with van der Waals surface area (Å²) in [4.78, 5) is 15.8. The van der Waals surface area contributed by atoms with E-state index in [2.05, 4.69) is 31.3 Å². The van der Waals surface area contributed by atoms with E-state index in [1.807, 2.05) is 19.1 Å². The van der Waals surface area contributed by atoms with Gasteiger partial charge in [0.1, 0.15) is 12.7 Å². The van der Waals surface area contributed by atoms with E-state index in [9.17, 15) is 4.79 Å². The lowest BCUT2D eigenvalue weighted by molar-refractivity contribution is 0.0948. The zero-order chi connectivity index (χ0) is 13.0. The third kappa shape index (κ3) is 3.16. The molecule has 0 bridgehead atoms. The van der Waals surface area contributed by atoms with Gasteiger partial charge in [-0.2, -0.15) is 5.10 Å². The molecule has 0 aliphatic heterocycles. The molecule has 0 unspecified atom stereocenters. The highest BCUT2D eigenvalue weighted by Crippen LogP contribution is 2.11. The third-order valence-corrected chi connectivity index (χ3v) is 3.03. The van der Waals surface area contributed by atoms with E-state index in [-0.39, 0.29) is 11.9 Å². The Labute approximate surface area is 113 Å². The van der Waals surface area contributed by atoms with Crippen molar-refractivity contribution < 1.29 is 4.79 Å². The number of nitrogens with zero attached hydrogens (tertiary/aromatic N) is 3. The minimum atomic E-state index is -0.0942. The molecule has 1 aromatic carbocycles. The molecule has 1 amide bonds. The van der Waals surface area contributed by atoms with Crippen LogP contribution in [0.3, 0.4) is 0 Å². The molecule has 6 heteroatoms. The molecule has 5 nitrogen and oxygen atoms in total. The first-order chi connectivity index (χ1) is 8.66. The Bertz CT molecular complexity index is 527. The molecule has 94 valence electrons. The number of hydrogen-bond donors (Lipinski definition) is 1. The molecule has 2 rings (SSSR count). The highest BCUT2D eigenvalue weighted by molar-refractivity contribution is 9.10. The number of nitrogens with one attached hydrogen (secondary N) is 1. The van der Waals surface area contributed by atoms with Crippen LogP contribution in [0.1, 0.15) is 23.3 Å². The molecular formula is C12H13BrN4O. The van der Waals surface area contributed by atoms with Gasteiger partial charge in [0.15, 0.2) is 0 Å². The molecule has 0 saturated carbocycles. The Balaban J connectivity index is 1.92. The first-order valence-corrected chi connectivity index (χ1v) is 6.34. The molecule has 0 aliphatic carbocycles. The second-order valence-corrected chi connectivity index (χ2v) is 4.86. The second-order valence-electron chi connectivity index (χ2n) is 3.94. The lowest BCUT2D eigenvalue weighted by Crippen LogP contribution is -2.29. The quantitative estimate of drug-likeness (QED) is 0.940. The zero-order valence-electron chi connectivity index (χ0n) is 9.88. The van der Waals surface area contributed by atoms with Crippen LogP contribution in [0, 0.1) is 0 Å². The van der Waals surface area contributed by atoms with Gasteiger partial charge >= 0.3 is 0 Å². The molecule has 1 heterocycles.